The number of halogens is 3. The van der Waals surface area contributed by atoms with Gasteiger partial charge in [-0.25, -0.2) is 9.97 Å². The topological polar surface area (TPSA) is 62.8 Å². The first-order valence-electron chi connectivity index (χ1n) is 9.39. The van der Waals surface area contributed by atoms with Crippen LogP contribution >= 0.6 is 0 Å². The Balaban J connectivity index is 1.54. The summed E-state index contributed by atoms with van der Waals surface area (Å²) in [5.41, 5.74) is 0.123. The zero-order valence-electron chi connectivity index (χ0n) is 15.0. The molecule has 5 rings (SSSR count). The Morgan fingerprint density at radius 3 is 2.71 bits per heavy atom. The zero-order valence-corrected chi connectivity index (χ0v) is 15.0. The van der Waals surface area contributed by atoms with Crippen molar-refractivity contribution in [1.29, 1.82) is 0 Å². The molecular weight excluding hydrogens is 369 g/mol. The summed E-state index contributed by atoms with van der Waals surface area (Å²) in [7, 11) is 0. The van der Waals surface area contributed by atoms with Gasteiger partial charge in [-0.05, 0) is 37.8 Å². The highest BCUT2D eigenvalue weighted by molar-refractivity contribution is 5.88. The number of nitrogens with zero attached hydrogens (tertiary/aromatic N) is 2. The molecule has 1 saturated carbocycles. The van der Waals surface area contributed by atoms with Crippen LogP contribution in [0.5, 0.6) is 5.75 Å². The van der Waals surface area contributed by atoms with E-state index in [1.165, 1.54) is 6.33 Å². The summed E-state index contributed by atoms with van der Waals surface area (Å²) in [6, 6.07) is 8.80. The summed E-state index contributed by atoms with van der Waals surface area (Å²) in [6.07, 6.45) is 1.79. The summed E-state index contributed by atoms with van der Waals surface area (Å²) >= 11 is 0. The van der Waals surface area contributed by atoms with Gasteiger partial charge in [-0.3, -0.25) is 0 Å². The van der Waals surface area contributed by atoms with Crippen LogP contribution in [0.3, 0.4) is 0 Å². The average Bonchev–Trinajstić information content (AvgIpc) is 3.29. The first-order valence-corrected chi connectivity index (χ1v) is 9.39. The van der Waals surface area contributed by atoms with Crippen LogP contribution in [0, 0.1) is 0 Å². The quantitative estimate of drug-likeness (QED) is 0.631. The van der Waals surface area contributed by atoms with Gasteiger partial charge in [0.05, 0.1) is 11.4 Å². The number of alkyl halides is 3. The molecule has 1 aliphatic heterocycles. The van der Waals surface area contributed by atoms with E-state index in [0.29, 0.717) is 11.2 Å². The normalized spacial score (nSPS) is 20.9. The maximum atomic E-state index is 13.1. The Labute approximate surface area is 159 Å². The summed E-state index contributed by atoms with van der Waals surface area (Å²) in [4.78, 5) is 10.5. The minimum Gasteiger partial charge on any atom is -0.487 e. The Kier molecular flexibility index (Phi) is 3.79. The van der Waals surface area contributed by atoms with Crippen LogP contribution in [-0.4, -0.2) is 20.6 Å². The lowest BCUT2D eigenvalue weighted by molar-refractivity contribution is -0.140. The first kappa shape index (κ1) is 17.3. The van der Waals surface area contributed by atoms with Crippen LogP contribution in [0.15, 0.2) is 36.7 Å². The third-order valence-electron chi connectivity index (χ3n) is 5.75. The molecule has 8 heteroatoms. The molecule has 1 fully saturated rings. The number of fused-ring (bicyclic) bond motifs is 2. The number of H-pyrrole nitrogens is 1. The molecule has 1 aliphatic carbocycles. The van der Waals surface area contributed by atoms with Gasteiger partial charge < -0.3 is 15.0 Å². The number of para-hydroxylation sites is 1. The molecular formula is C20H19F3N4O. The molecule has 0 amide bonds. The van der Waals surface area contributed by atoms with Gasteiger partial charge >= 0.3 is 6.18 Å². The third kappa shape index (κ3) is 2.87. The van der Waals surface area contributed by atoms with Crippen LogP contribution in [0.2, 0.25) is 0 Å². The van der Waals surface area contributed by atoms with Crippen molar-refractivity contribution in [1.82, 2.24) is 15.0 Å². The molecule has 0 bridgehead atoms. The molecule has 1 spiro atoms. The van der Waals surface area contributed by atoms with Gasteiger partial charge in [-0.2, -0.15) is 13.2 Å². The number of rotatable bonds is 2. The monoisotopic (exact) mass is 388 g/mol. The van der Waals surface area contributed by atoms with Gasteiger partial charge in [-0.1, -0.05) is 18.2 Å². The number of nitrogens with one attached hydrogen (secondary N) is 2. The van der Waals surface area contributed by atoms with E-state index < -0.39 is 11.9 Å². The van der Waals surface area contributed by atoms with E-state index in [9.17, 15) is 13.2 Å². The Bertz CT molecular complexity index is 1020. The second-order valence-electron chi connectivity index (χ2n) is 7.60. The highest BCUT2D eigenvalue weighted by Crippen LogP contribution is 2.48. The molecule has 3 aromatic rings. The smallest absolute Gasteiger partial charge is 0.431 e. The van der Waals surface area contributed by atoms with Gasteiger partial charge in [0.1, 0.15) is 34.8 Å². The summed E-state index contributed by atoms with van der Waals surface area (Å²) in [6.45, 7) is 0. The number of anilines is 1. The maximum Gasteiger partial charge on any atom is 0.431 e. The third-order valence-corrected chi connectivity index (χ3v) is 5.75. The number of aromatic nitrogens is 3. The molecule has 2 N–H and O–H groups in total. The second-order valence-corrected chi connectivity index (χ2v) is 7.60. The van der Waals surface area contributed by atoms with Crippen LogP contribution in [0.25, 0.3) is 11.0 Å². The summed E-state index contributed by atoms with van der Waals surface area (Å²) in [5.74, 6) is 1.23. The number of aromatic amines is 1. The Morgan fingerprint density at radius 1 is 1.14 bits per heavy atom. The van der Waals surface area contributed by atoms with Crippen molar-refractivity contribution in [3.05, 3.63) is 47.9 Å². The van der Waals surface area contributed by atoms with Crippen LogP contribution in [0.4, 0.5) is 19.0 Å². The van der Waals surface area contributed by atoms with E-state index in [1.807, 2.05) is 24.3 Å². The minimum atomic E-state index is -4.46. The molecule has 1 atom stereocenters. The minimum absolute atomic E-state index is 0.0922. The van der Waals surface area contributed by atoms with E-state index in [-0.39, 0.29) is 17.3 Å². The zero-order chi connectivity index (χ0) is 19.4. The van der Waals surface area contributed by atoms with Crippen LogP contribution in [0.1, 0.15) is 49.4 Å². The van der Waals surface area contributed by atoms with E-state index in [0.717, 1.165) is 49.5 Å². The van der Waals surface area contributed by atoms with Crippen molar-refractivity contribution < 1.29 is 17.9 Å². The Hall–Kier alpha value is -2.77. The SMILES string of the molecule is FC(F)(F)c1cc2c(N[C@@H]3CC4(CCCC4)Oc4ccccc43)ncnc2[nH]1. The molecule has 0 saturated heterocycles. The Morgan fingerprint density at radius 2 is 1.93 bits per heavy atom. The number of ether oxygens (including phenoxy) is 1. The summed E-state index contributed by atoms with van der Waals surface area (Å²) < 4.78 is 45.6. The van der Waals surface area contributed by atoms with Crippen molar-refractivity contribution in [3.8, 4) is 5.75 Å². The van der Waals surface area contributed by atoms with Crippen molar-refractivity contribution >= 4 is 16.9 Å². The lowest BCUT2D eigenvalue weighted by Crippen LogP contribution is -2.40. The van der Waals surface area contributed by atoms with Gasteiger partial charge in [0, 0.05) is 12.0 Å². The van der Waals surface area contributed by atoms with Gasteiger partial charge in [-0.15, -0.1) is 0 Å². The van der Waals surface area contributed by atoms with Crippen molar-refractivity contribution in [2.75, 3.05) is 5.32 Å². The van der Waals surface area contributed by atoms with Gasteiger partial charge in [0.2, 0.25) is 0 Å². The highest BCUT2D eigenvalue weighted by Gasteiger charge is 2.43. The van der Waals surface area contributed by atoms with E-state index >= 15 is 0 Å². The van der Waals surface area contributed by atoms with Gasteiger partial charge in [0.15, 0.2) is 0 Å². The molecule has 0 unspecified atom stereocenters. The van der Waals surface area contributed by atoms with Crippen LogP contribution in [-0.2, 0) is 6.18 Å². The first-order chi connectivity index (χ1) is 13.4. The van der Waals surface area contributed by atoms with Crippen molar-refractivity contribution in [2.24, 2.45) is 0 Å². The largest absolute Gasteiger partial charge is 0.487 e. The highest BCUT2D eigenvalue weighted by atomic mass is 19.4. The fourth-order valence-electron chi connectivity index (χ4n) is 4.45. The second kappa shape index (κ2) is 6.12. The number of hydrogen-bond donors (Lipinski definition) is 2. The molecule has 5 nitrogen and oxygen atoms in total. The predicted molar refractivity (Wildman–Crippen MR) is 98.1 cm³/mol. The molecule has 2 aliphatic rings. The standard InChI is InChI=1S/C20H19F3N4O/c21-20(22,23)16-9-13-17(24-11-25-18(13)27-16)26-14-10-19(7-3-4-8-19)28-15-6-2-1-5-12(14)15/h1-2,5-6,9,11,14H,3-4,7-8,10H2,(H2,24,25,26,27)/t14-/m1/s1. The lowest BCUT2D eigenvalue weighted by Gasteiger charge is -2.40. The molecule has 0 radical (unpaired) electrons. The molecule has 3 heterocycles. The number of hydrogen-bond acceptors (Lipinski definition) is 4. The predicted octanol–water partition coefficient (Wildman–Crippen LogP) is 5.23. The van der Waals surface area contributed by atoms with E-state index in [1.54, 1.807) is 0 Å². The molecule has 28 heavy (non-hydrogen) atoms. The van der Waals surface area contributed by atoms with E-state index in [2.05, 4.69) is 20.3 Å². The lowest BCUT2D eigenvalue weighted by atomic mass is 9.86. The molecule has 2 aromatic heterocycles. The van der Waals surface area contributed by atoms with Gasteiger partial charge in [0.25, 0.3) is 0 Å². The van der Waals surface area contributed by atoms with Crippen molar-refractivity contribution in [2.45, 2.75) is 49.9 Å². The average molecular weight is 388 g/mol. The molecule has 146 valence electrons. The maximum absolute atomic E-state index is 13.1. The fraction of sp³-hybridized carbons (Fsp3) is 0.400. The van der Waals surface area contributed by atoms with Crippen LogP contribution < -0.4 is 10.1 Å². The number of benzene rings is 1. The van der Waals surface area contributed by atoms with E-state index in [4.69, 9.17) is 4.74 Å². The van der Waals surface area contributed by atoms with Crippen molar-refractivity contribution in [3.63, 3.8) is 0 Å². The molecule has 1 aromatic carbocycles. The summed E-state index contributed by atoms with van der Waals surface area (Å²) in [5, 5.41) is 3.71. The fourth-order valence-corrected chi connectivity index (χ4v) is 4.45.